The van der Waals surface area contributed by atoms with E-state index in [9.17, 15) is 34.2 Å². The van der Waals surface area contributed by atoms with Crippen LogP contribution in [0.3, 0.4) is 0 Å². The van der Waals surface area contributed by atoms with Gasteiger partial charge >= 0.3 is 55.6 Å². The molecule has 0 aromatic rings. The topological polar surface area (TPSA) is 212 Å². The summed E-state index contributed by atoms with van der Waals surface area (Å²) in [6.45, 7) is 0. The van der Waals surface area contributed by atoms with Crippen molar-refractivity contribution in [2.24, 2.45) is 0 Å². The van der Waals surface area contributed by atoms with Crippen LogP contribution in [0.15, 0.2) is 12.2 Å². The third-order valence-electron chi connectivity index (χ3n) is 1.64. The van der Waals surface area contributed by atoms with Crippen molar-refractivity contribution in [1.82, 2.24) is 0 Å². The average molecular weight is 346 g/mol. The Morgan fingerprint density at radius 2 is 1.09 bits per heavy atom. The van der Waals surface area contributed by atoms with Gasteiger partial charge in [0.05, 0.1) is 24.8 Å². The quantitative estimate of drug-likeness (QED) is 0.254. The van der Waals surface area contributed by atoms with Gasteiger partial charge in [-0.3, -0.25) is 9.59 Å². The first-order valence-corrected chi connectivity index (χ1v) is 4.90. The molecule has 0 saturated heterocycles. The normalized spacial score (nSPS) is 9.86. The Hall–Kier alpha value is -1.69. The zero-order valence-electron chi connectivity index (χ0n) is 10.9. The maximum absolute atomic E-state index is 10.3. The van der Waals surface area contributed by atoms with Crippen LogP contribution >= 0.6 is 0 Å². The smallest absolute Gasteiger partial charge is 0.545 e. The molecule has 0 aliphatic heterocycles. The molecule has 0 atom stereocenters. The molecule has 4 N–H and O–H groups in total. The summed E-state index contributed by atoms with van der Waals surface area (Å²) in [5.41, 5.74) is -2.74. The Kier molecular flexibility index (Phi) is 13.7. The summed E-state index contributed by atoms with van der Waals surface area (Å²) >= 11 is 0. The minimum absolute atomic E-state index is 0. The van der Waals surface area contributed by atoms with Crippen LogP contribution in [0.4, 0.5) is 0 Å². The number of rotatable bonds is 7. The van der Waals surface area contributed by atoms with Gasteiger partial charge in [-0.25, -0.2) is 4.79 Å². The van der Waals surface area contributed by atoms with Gasteiger partial charge in [-0.2, -0.15) is 0 Å². The van der Waals surface area contributed by atoms with E-state index in [2.05, 4.69) is 0 Å². The molecule has 0 unspecified atom stereocenters. The molecular weight excluding hydrogens is 336 g/mol. The van der Waals surface area contributed by atoms with E-state index < -0.39 is 48.3 Å². The summed E-state index contributed by atoms with van der Waals surface area (Å²) in [6.07, 6.45) is -1.52. The van der Waals surface area contributed by atoms with E-state index >= 15 is 0 Å². The second-order valence-electron chi connectivity index (χ2n) is 3.45. The van der Waals surface area contributed by atoms with Crippen molar-refractivity contribution in [2.45, 2.75) is 18.4 Å². The average Bonchev–Trinajstić information content (AvgIpc) is 2.24. The van der Waals surface area contributed by atoms with Gasteiger partial charge in [0.1, 0.15) is 0 Å². The van der Waals surface area contributed by atoms with Gasteiger partial charge in [0.2, 0.25) is 0 Å². The Balaban J connectivity index is -0.000000348. The predicted molar refractivity (Wildman–Crippen MR) is 62.0 cm³/mol. The van der Waals surface area contributed by atoms with Crippen molar-refractivity contribution < 1.29 is 54.6 Å². The summed E-state index contributed by atoms with van der Waals surface area (Å²) < 4.78 is 0. The summed E-state index contributed by atoms with van der Waals surface area (Å²) in [4.78, 5) is 49.3. The Morgan fingerprint density at radius 3 is 1.23 bits per heavy atom. The molecule has 0 fully saturated rings. The van der Waals surface area contributed by atoms with Crippen molar-refractivity contribution >= 4 is 67.6 Å². The van der Waals surface area contributed by atoms with Crippen LogP contribution in [-0.4, -0.2) is 93.6 Å². The minimum atomic E-state index is -2.74. The molecule has 11 nitrogen and oxygen atoms in total. The second kappa shape index (κ2) is 11.9. The number of hydrogen-bond acceptors (Lipinski definition) is 8. The summed E-state index contributed by atoms with van der Waals surface area (Å²) in [7, 11) is 0. The fourth-order valence-electron chi connectivity index (χ4n) is 0.850. The molecule has 0 aromatic heterocycles. The maximum atomic E-state index is 10.3. The van der Waals surface area contributed by atoms with Crippen molar-refractivity contribution in [1.29, 1.82) is 0 Å². The molecule has 0 aliphatic rings. The summed E-state index contributed by atoms with van der Waals surface area (Å²) in [5, 5.41) is 52.6. The van der Waals surface area contributed by atoms with E-state index in [1.807, 2.05) is 0 Å². The summed E-state index contributed by atoms with van der Waals surface area (Å²) in [6, 6.07) is 0. The SMILES string of the molecule is O=C(O)CC(O)(CC(=O)O)C(=O)O.O=C([O-])/C=C\C(=O)[O-].[Ca+2]. The van der Waals surface area contributed by atoms with Gasteiger partial charge in [0.25, 0.3) is 0 Å². The van der Waals surface area contributed by atoms with E-state index in [4.69, 9.17) is 20.4 Å². The molecule has 0 saturated carbocycles. The number of hydrogen-bond donors (Lipinski definition) is 4. The maximum Gasteiger partial charge on any atom is 2.00 e. The van der Waals surface area contributed by atoms with E-state index in [-0.39, 0.29) is 37.7 Å². The molecular formula is C10H10CaO11. The molecule has 0 amide bonds. The van der Waals surface area contributed by atoms with Crippen molar-refractivity contribution in [2.75, 3.05) is 0 Å². The third-order valence-corrected chi connectivity index (χ3v) is 1.64. The van der Waals surface area contributed by atoms with E-state index in [0.29, 0.717) is 12.2 Å². The molecule has 0 aromatic carbocycles. The fraction of sp³-hybridized carbons (Fsp3) is 0.300. The van der Waals surface area contributed by atoms with Gasteiger partial charge < -0.3 is 40.2 Å². The largest absolute Gasteiger partial charge is 2.00 e. The van der Waals surface area contributed by atoms with Crippen LogP contribution in [0.25, 0.3) is 0 Å². The first-order valence-electron chi connectivity index (χ1n) is 4.90. The molecule has 118 valence electrons. The minimum Gasteiger partial charge on any atom is -0.545 e. The van der Waals surface area contributed by atoms with Gasteiger partial charge in [-0.15, -0.1) is 0 Å². The fourth-order valence-corrected chi connectivity index (χ4v) is 0.850. The monoisotopic (exact) mass is 346 g/mol. The van der Waals surface area contributed by atoms with Gasteiger partial charge in [0.15, 0.2) is 5.60 Å². The van der Waals surface area contributed by atoms with Crippen LogP contribution in [0, 0.1) is 0 Å². The third kappa shape index (κ3) is 14.7. The standard InChI is InChI=1S/C6H8O7.C4H4O4.Ca/c7-3(8)1-6(13,5(11)12)2-4(9)10;5-3(6)1-2-4(7)8;/h13H,1-2H2,(H,7,8)(H,9,10)(H,11,12);1-2H,(H,5,6)(H,7,8);/q;;+2/p-2/b;2-1-;. The van der Waals surface area contributed by atoms with E-state index in [0.717, 1.165) is 0 Å². The van der Waals surface area contributed by atoms with Crippen LogP contribution in [-0.2, 0) is 24.0 Å². The Morgan fingerprint density at radius 1 is 0.818 bits per heavy atom. The molecule has 0 aliphatic carbocycles. The zero-order chi connectivity index (χ0) is 17.2. The number of carboxylic acid groups (broad SMARTS) is 5. The predicted octanol–water partition coefficient (Wildman–Crippen LogP) is -4.59. The number of carbonyl (C=O) groups is 5. The molecule has 0 radical (unpaired) electrons. The van der Waals surface area contributed by atoms with Gasteiger partial charge in [-0.05, 0) is 12.2 Å². The number of carboxylic acids is 5. The molecule has 0 rings (SSSR count). The first-order chi connectivity index (χ1) is 9.40. The number of aliphatic carboxylic acids is 5. The second-order valence-corrected chi connectivity index (χ2v) is 3.45. The molecule has 12 heteroatoms. The van der Waals surface area contributed by atoms with Gasteiger partial charge in [-0.1, -0.05) is 0 Å². The molecule has 0 bridgehead atoms. The van der Waals surface area contributed by atoms with Crippen LogP contribution in [0.5, 0.6) is 0 Å². The molecule has 0 heterocycles. The zero-order valence-corrected chi connectivity index (χ0v) is 13.1. The van der Waals surface area contributed by atoms with Crippen molar-refractivity contribution in [3.63, 3.8) is 0 Å². The Labute approximate surface area is 152 Å². The summed E-state index contributed by atoms with van der Waals surface area (Å²) in [5.74, 6) is -8.11. The van der Waals surface area contributed by atoms with E-state index in [1.54, 1.807) is 0 Å². The van der Waals surface area contributed by atoms with Crippen LogP contribution in [0.2, 0.25) is 0 Å². The number of aliphatic hydroxyl groups is 1. The molecule has 0 spiro atoms. The van der Waals surface area contributed by atoms with Gasteiger partial charge in [0, 0.05) is 0 Å². The Bertz CT molecular complexity index is 435. The number of carbonyl (C=O) groups excluding carboxylic acids is 2. The first kappa shape index (κ1) is 25.3. The van der Waals surface area contributed by atoms with Crippen LogP contribution < -0.4 is 10.2 Å². The molecule has 22 heavy (non-hydrogen) atoms. The van der Waals surface area contributed by atoms with Crippen molar-refractivity contribution in [3.8, 4) is 0 Å². The van der Waals surface area contributed by atoms with E-state index in [1.165, 1.54) is 0 Å². The van der Waals surface area contributed by atoms with Crippen LogP contribution in [0.1, 0.15) is 12.8 Å². The van der Waals surface area contributed by atoms with Crippen molar-refractivity contribution in [3.05, 3.63) is 12.2 Å².